The molecule has 0 unspecified atom stereocenters. The standard InChI is InChI=1S/C19H28N2OS/c23-19(20-15-7-3-1-2-4-8-15)21-16-11-13-18(14-12-16)22-17-9-5-6-10-17/h11-15,17H,1-10H2,(H2,20,21,23). The van der Waals surface area contributed by atoms with Gasteiger partial charge < -0.3 is 15.4 Å². The van der Waals surface area contributed by atoms with Crippen LogP contribution in [0.5, 0.6) is 5.75 Å². The number of ether oxygens (including phenoxy) is 1. The van der Waals surface area contributed by atoms with Crippen LogP contribution in [0, 0.1) is 0 Å². The summed E-state index contributed by atoms with van der Waals surface area (Å²) < 4.78 is 5.99. The van der Waals surface area contributed by atoms with E-state index in [2.05, 4.69) is 10.6 Å². The first-order valence-electron chi connectivity index (χ1n) is 9.14. The van der Waals surface area contributed by atoms with E-state index in [1.54, 1.807) is 0 Å². The first-order valence-corrected chi connectivity index (χ1v) is 9.55. The van der Waals surface area contributed by atoms with Crippen molar-refractivity contribution in [1.29, 1.82) is 0 Å². The fraction of sp³-hybridized carbons (Fsp3) is 0.632. The number of benzene rings is 1. The topological polar surface area (TPSA) is 33.3 Å². The van der Waals surface area contributed by atoms with E-state index in [9.17, 15) is 0 Å². The molecular formula is C19H28N2OS. The lowest BCUT2D eigenvalue weighted by atomic mass is 10.1. The molecular weight excluding hydrogens is 304 g/mol. The SMILES string of the molecule is S=C(Nc1ccc(OC2CCCC2)cc1)NC1CCCCCC1. The maximum Gasteiger partial charge on any atom is 0.170 e. The van der Waals surface area contributed by atoms with Crippen molar-refractivity contribution >= 4 is 23.0 Å². The van der Waals surface area contributed by atoms with Crippen molar-refractivity contribution in [2.45, 2.75) is 76.4 Å². The second-order valence-corrected chi connectivity index (χ2v) is 7.24. The summed E-state index contributed by atoms with van der Waals surface area (Å²) in [5, 5.41) is 7.50. The first kappa shape index (κ1) is 16.6. The molecule has 3 nitrogen and oxygen atoms in total. The van der Waals surface area contributed by atoms with Gasteiger partial charge in [-0.3, -0.25) is 0 Å². The first-order chi connectivity index (χ1) is 11.3. The van der Waals surface area contributed by atoms with Crippen LogP contribution in [0.3, 0.4) is 0 Å². The Morgan fingerprint density at radius 1 is 0.870 bits per heavy atom. The van der Waals surface area contributed by atoms with Crippen LogP contribution in [0.1, 0.15) is 64.2 Å². The highest BCUT2D eigenvalue weighted by Gasteiger charge is 2.16. The maximum atomic E-state index is 5.99. The van der Waals surface area contributed by atoms with Crippen molar-refractivity contribution < 1.29 is 4.74 Å². The zero-order valence-corrected chi connectivity index (χ0v) is 14.7. The average molecular weight is 333 g/mol. The number of anilines is 1. The van der Waals surface area contributed by atoms with Gasteiger partial charge in [0, 0.05) is 11.7 Å². The minimum atomic E-state index is 0.409. The molecule has 0 amide bonds. The molecule has 0 heterocycles. The Balaban J connectivity index is 1.46. The summed E-state index contributed by atoms with van der Waals surface area (Å²) in [5.41, 5.74) is 1.02. The predicted octanol–water partition coefficient (Wildman–Crippen LogP) is 5.02. The quantitative estimate of drug-likeness (QED) is 0.599. The third kappa shape index (κ3) is 5.38. The number of hydrogen-bond donors (Lipinski definition) is 2. The van der Waals surface area contributed by atoms with Gasteiger partial charge in [0.05, 0.1) is 6.10 Å². The Hall–Kier alpha value is -1.29. The lowest BCUT2D eigenvalue weighted by Gasteiger charge is -2.19. The molecule has 2 N–H and O–H groups in total. The number of hydrogen-bond acceptors (Lipinski definition) is 2. The summed E-state index contributed by atoms with van der Waals surface area (Å²) in [7, 11) is 0. The lowest BCUT2D eigenvalue weighted by molar-refractivity contribution is 0.210. The smallest absolute Gasteiger partial charge is 0.170 e. The van der Waals surface area contributed by atoms with Crippen LogP contribution >= 0.6 is 12.2 Å². The second kappa shape index (κ2) is 8.53. The molecule has 1 aromatic rings. The lowest BCUT2D eigenvalue weighted by Crippen LogP contribution is -2.37. The van der Waals surface area contributed by atoms with Crippen molar-refractivity contribution in [1.82, 2.24) is 5.32 Å². The number of rotatable bonds is 4. The highest BCUT2D eigenvalue weighted by Crippen LogP contribution is 2.25. The van der Waals surface area contributed by atoms with Crippen molar-refractivity contribution in [3.8, 4) is 5.75 Å². The molecule has 0 radical (unpaired) electrons. The molecule has 2 fully saturated rings. The van der Waals surface area contributed by atoms with Gasteiger partial charge in [0.25, 0.3) is 0 Å². The summed E-state index contributed by atoms with van der Waals surface area (Å²) in [5.74, 6) is 0.963. The van der Waals surface area contributed by atoms with Gasteiger partial charge in [-0.15, -0.1) is 0 Å². The average Bonchev–Trinajstić information content (AvgIpc) is 2.92. The summed E-state index contributed by atoms with van der Waals surface area (Å²) >= 11 is 5.46. The summed E-state index contributed by atoms with van der Waals surface area (Å²) in [4.78, 5) is 0. The van der Waals surface area contributed by atoms with Gasteiger partial charge in [-0.2, -0.15) is 0 Å². The van der Waals surface area contributed by atoms with E-state index in [0.717, 1.165) is 16.5 Å². The Morgan fingerprint density at radius 2 is 1.48 bits per heavy atom. The largest absolute Gasteiger partial charge is 0.490 e. The molecule has 23 heavy (non-hydrogen) atoms. The van der Waals surface area contributed by atoms with Crippen molar-refractivity contribution in [2.75, 3.05) is 5.32 Å². The molecule has 1 aromatic carbocycles. The van der Waals surface area contributed by atoms with Gasteiger partial charge in [-0.1, -0.05) is 25.7 Å². The molecule has 0 aliphatic heterocycles. The summed E-state index contributed by atoms with van der Waals surface area (Å²) in [6.45, 7) is 0. The predicted molar refractivity (Wildman–Crippen MR) is 100 cm³/mol. The highest BCUT2D eigenvalue weighted by atomic mass is 32.1. The van der Waals surface area contributed by atoms with Crippen LogP contribution in [0.4, 0.5) is 5.69 Å². The Bertz CT molecular complexity index is 489. The molecule has 2 saturated carbocycles. The van der Waals surface area contributed by atoms with E-state index in [1.165, 1.54) is 64.2 Å². The highest BCUT2D eigenvalue weighted by molar-refractivity contribution is 7.80. The number of thiocarbonyl (C=S) groups is 1. The van der Waals surface area contributed by atoms with Gasteiger partial charge in [-0.25, -0.2) is 0 Å². The third-order valence-corrected chi connectivity index (χ3v) is 5.13. The van der Waals surface area contributed by atoms with E-state index >= 15 is 0 Å². The van der Waals surface area contributed by atoms with Gasteiger partial charge in [0.2, 0.25) is 0 Å². The molecule has 0 spiro atoms. The number of nitrogens with one attached hydrogen (secondary N) is 2. The van der Waals surface area contributed by atoms with Crippen LogP contribution < -0.4 is 15.4 Å². The van der Waals surface area contributed by atoms with Crippen LogP contribution in [-0.2, 0) is 0 Å². The van der Waals surface area contributed by atoms with E-state index in [4.69, 9.17) is 17.0 Å². The molecule has 0 atom stereocenters. The van der Waals surface area contributed by atoms with Crippen LogP contribution in [-0.4, -0.2) is 17.3 Å². The Kier molecular flexibility index (Phi) is 6.14. The fourth-order valence-corrected chi connectivity index (χ4v) is 3.88. The third-order valence-electron chi connectivity index (χ3n) is 4.91. The molecule has 0 aromatic heterocycles. The molecule has 0 saturated heterocycles. The van der Waals surface area contributed by atoms with E-state index in [0.29, 0.717) is 12.1 Å². The van der Waals surface area contributed by atoms with Gasteiger partial charge >= 0.3 is 0 Å². The molecule has 2 aliphatic rings. The van der Waals surface area contributed by atoms with E-state index < -0.39 is 0 Å². The Labute approximate surface area is 145 Å². The summed E-state index contributed by atoms with van der Waals surface area (Å²) in [6.07, 6.45) is 13.2. The van der Waals surface area contributed by atoms with Gasteiger partial charge in [0.15, 0.2) is 5.11 Å². The minimum absolute atomic E-state index is 0.409. The minimum Gasteiger partial charge on any atom is -0.490 e. The zero-order valence-electron chi connectivity index (χ0n) is 13.9. The van der Waals surface area contributed by atoms with Crippen molar-refractivity contribution in [3.05, 3.63) is 24.3 Å². The van der Waals surface area contributed by atoms with Gasteiger partial charge in [-0.05, 0) is 75.0 Å². The molecule has 126 valence electrons. The van der Waals surface area contributed by atoms with Crippen LogP contribution in [0.25, 0.3) is 0 Å². The summed E-state index contributed by atoms with van der Waals surface area (Å²) in [6, 6.07) is 8.70. The molecule has 0 bridgehead atoms. The monoisotopic (exact) mass is 332 g/mol. The van der Waals surface area contributed by atoms with E-state index in [1.807, 2.05) is 24.3 Å². The normalized spacial score (nSPS) is 20.0. The maximum absolute atomic E-state index is 5.99. The van der Waals surface area contributed by atoms with Crippen molar-refractivity contribution in [2.24, 2.45) is 0 Å². The molecule has 2 aliphatic carbocycles. The van der Waals surface area contributed by atoms with E-state index in [-0.39, 0.29) is 0 Å². The Morgan fingerprint density at radius 3 is 2.13 bits per heavy atom. The zero-order chi connectivity index (χ0) is 15.9. The molecule has 3 rings (SSSR count). The fourth-order valence-electron chi connectivity index (χ4n) is 3.59. The van der Waals surface area contributed by atoms with Crippen LogP contribution in [0.2, 0.25) is 0 Å². The van der Waals surface area contributed by atoms with Gasteiger partial charge in [0.1, 0.15) is 5.75 Å². The second-order valence-electron chi connectivity index (χ2n) is 6.84. The van der Waals surface area contributed by atoms with Crippen molar-refractivity contribution in [3.63, 3.8) is 0 Å². The van der Waals surface area contributed by atoms with Crippen LogP contribution in [0.15, 0.2) is 24.3 Å². The molecule has 4 heteroatoms.